The molecule has 0 saturated heterocycles. The Labute approximate surface area is 281 Å². The quantitative estimate of drug-likeness (QED) is 0.0947. The molecule has 5 aromatic rings. The Balaban J connectivity index is 0.00000213. The summed E-state index contributed by atoms with van der Waals surface area (Å²) in [6, 6.07) is 44.1. The first-order valence-corrected chi connectivity index (χ1v) is 16.1. The summed E-state index contributed by atoms with van der Waals surface area (Å²) in [6.45, 7) is 15.5. The van der Waals surface area contributed by atoms with Gasteiger partial charge in [0.25, 0.3) is 0 Å². The van der Waals surface area contributed by atoms with Crippen molar-refractivity contribution in [1.29, 1.82) is 0 Å². The van der Waals surface area contributed by atoms with E-state index in [9.17, 15) is 0 Å². The summed E-state index contributed by atoms with van der Waals surface area (Å²) in [6.07, 6.45) is 12.1. The summed E-state index contributed by atoms with van der Waals surface area (Å²) in [5.74, 6) is 0. The number of hydrogen-bond donors (Lipinski definition) is 1. The van der Waals surface area contributed by atoms with Gasteiger partial charge in [0.05, 0.1) is 5.41 Å². The molecule has 0 spiro atoms. The van der Waals surface area contributed by atoms with E-state index in [0.717, 1.165) is 23.5 Å². The van der Waals surface area contributed by atoms with Crippen LogP contribution in [0, 0.1) is 6.92 Å². The summed E-state index contributed by atoms with van der Waals surface area (Å²) < 4.78 is 0. The Morgan fingerprint density at radius 1 is 0.702 bits per heavy atom. The van der Waals surface area contributed by atoms with E-state index in [1.165, 1.54) is 44.5 Å². The number of rotatable bonds is 10. The molecule has 1 aliphatic carbocycles. The third kappa shape index (κ3) is 6.55. The number of allylic oxidation sites excluding steroid dienone is 6. The first-order valence-electron chi connectivity index (χ1n) is 16.1. The fraction of sp³-hybridized carbons (Fsp3) is 0.111. The topological polar surface area (TPSA) is 29.3 Å². The molecule has 0 radical (unpaired) electrons. The molecule has 0 amide bonds. The molecule has 5 aromatic carbocycles. The number of aryl methyl sites for hydroxylation is 1. The normalized spacial score (nSPS) is 13.1. The lowest BCUT2D eigenvalue weighted by atomic mass is 9.67. The van der Waals surface area contributed by atoms with Crippen LogP contribution in [0.3, 0.4) is 0 Å². The van der Waals surface area contributed by atoms with Gasteiger partial charge in [-0.15, -0.1) is 13.2 Å². The fourth-order valence-corrected chi connectivity index (χ4v) is 6.77. The zero-order valence-corrected chi connectivity index (χ0v) is 27.6. The van der Waals surface area contributed by atoms with Crippen molar-refractivity contribution in [1.82, 2.24) is 4.90 Å². The van der Waals surface area contributed by atoms with Crippen LogP contribution in [0.25, 0.3) is 11.1 Å². The van der Waals surface area contributed by atoms with Crippen LogP contribution in [0.2, 0.25) is 0 Å². The summed E-state index contributed by atoms with van der Waals surface area (Å²) in [4.78, 5) is 2.41. The van der Waals surface area contributed by atoms with E-state index in [2.05, 4.69) is 166 Å². The van der Waals surface area contributed by atoms with Gasteiger partial charge in [0.2, 0.25) is 0 Å². The number of anilines is 1. The Morgan fingerprint density at radius 2 is 1.30 bits per heavy atom. The van der Waals surface area contributed by atoms with E-state index in [1.807, 2.05) is 24.3 Å². The average molecular weight is 613 g/mol. The molecule has 2 nitrogen and oxygen atoms in total. The van der Waals surface area contributed by atoms with Crippen LogP contribution >= 0.6 is 0 Å². The minimum Gasteiger partial charge on any atom is -0.398 e. The molecule has 2 heteroatoms. The number of benzene rings is 5. The summed E-state index contributed by atoms with van der Waals surface area (Å²) in [5.41, 5.74) is 19.4. The molecular formula is C45H44N2. The second kappa shape index (κ2) is 15.1. The first kappa shape index (κ1) is 32.8. The Bertz CT molecular complexity index is 1870. The van der Waals surface area contributed by atoms with Crippen LogP contribution in [0.1, 0.15) is 45.9 Å². The smallest absolute Gasteiger partial charge is 0.0713 e. The summed E-state index contributed by atoms with van der Waals surface area (Å²) in [5, 5.41) is 0. The third-order valence-corrected chi connectivity index (χ3v) is 8.85. The standard InChI is InChI=1S/C43H40N2.C2H4/c1-4-6-7-14-22-37(5-2)45(31-34-17-15-16-23-42(34)44)30-33-25-27-39-38-26-24-32(3)28-40(38)43(41(39)29-33,35-18-10-8-11-19-35)36-20-12-9-13-21-36;1-2/h4-29H,1,30-31,44H2,2-3H3;1-2H2/b7-6-,22-14-,37-5-;. The molecule has 2 N–H and O–H groups in total. The van der Waals surface area contributed by atoms with Crippen molar-refractivity contribution < 1.29 is 0 Å². The molecule has 0 aliphatic heterocycles. The third-order valence-electron chi connectivity index (χ3n) is 8.85. The van der Waals surface area contributed by atoms with Crippen molar-refractivity contribution in [3.05, 3.63) is 222 Å². The van der Waals surface area contributed by atoms with Crippen molar-refractivity contribution in [3.63, 3.8) is 0 Å². The molecule has 0 unspecified atom stereocenters. The van der Waals surface area contributed by atoms with Gasteiger partial charge in [-0.2, -0.15) is 0 Å². The van der Waals surface area contributed by atoms with Crippen LogP contribution in [-0.2, 0) is 18.5 Å². The SMILES string of the molecule is C=C.C=C\C=C/C=C\C(=C\C)N(Cc1ccc2c(c1)C(c1ccccc1)(c1ccccc1)c1cc(C)ccc1-2)Cc1ccccc1N. The van der Waals surface area contributed by atoms with Gasteiger partial charge in [0.1, 0.15) is 0 Å². The lowest BCUT2D eigenvalue weighted by molar-refractivity contribution is 0.339. The van der Waals surface area contributed by atoms with Crippen molar-refractivity contribution >= 4 is 5.69 Å². The number of para-hydroxylation sites is 1. The number of nitrogens with zero attached hydrogens (tertiary/aromatic N) is 1. The minimum atomic E-state index is -0.428. The van der Waals surface area contributed by atoms with Gasteiger partial charge in [-0.1, -0.05) is 158 Å². The Morgan fingerprint density at radius 3 is 1.91 bits per heavy atom. The number of nitrogens with two attached hydrogens (primary N) is 1. The van der Waals surface area contributed by atoms with Crippen LogP contribution in [0.15, 0.2) is 183 Å². The minimum absolute atomic E-state index is 0.428. The number of fused-ring (bicyclic) bond motifs is 3. The van der Waals surface area contributed by atoms with Gasteiger partial charge in [0, 0.05) is 24.5 Å². The molecule has 0 heterocycles. The van der Waals surface area contributed by atoms with Gasteiger partial charge >= 0.3 is 0 Å². The van der Waals surface area contributed by atoms with Crippen LogP contribution in [0.5, 0.6) is 0 Å². The van der Waals surface area contributed by atoms with Crippen LogP contribution in [-0.4, -0.2) is 4.90 Å². The highest BCUT2D eigenvalue weighted by atomic mass is 15.1. The lowest BCUT2D eigenvalue weighted by Gasteiger charge is -2.34. The van der Waals surface area contributed by atoms with Gasteiger partial charge in [-0.3, -0.25) is 0 Å². The molecule has 47 heavy (non-hydrogen) atoms. The van der Waals surface area contributed by atoms with Gasteiger partial charge in [0.15, 0.2) is 0 Å². The summed E-state index contributed by atoms with van der Waals surface area (Å²) >= 11 is 0. The van der Waals surface area contributed by atoms with E-state index in [0.29, 0.717) is 6.54 Å². The Kier molecular flexibility index (Phi) is 10.5. The number of nitrogen functional groups attached to an aromatic ring is 1. The molecule has 1 aliphatic rings. The fourth-order valence-electron chi connectivity index (χ4n) is 6.77. The van der Waals surface area contributed by atoms with Crippen molar-refractivity contribution in [2.24, 2.45) is 0 Å². The molecule has 0 aromatic heterocycles. The second-order valence-corrected chi connectivity index (χ2v) is 11.7. The molecule has 0 bridgehead atoms. The zero-order valence-electron chi connectivity index (χ0n) is 27.6. The monoisotopic (exact) mass is 612 g/mol. The first-order chi connectivity index (χ1) is 23.1. The van der Waals surface area contributed by atoms with E-state index >= 15 is 0 Å². The molecule has 0 fully saturated rings. The van der Waals surface area contributed by atoms with E-state index in [1.54, 1.807) is 6.08 Å². The maximum atomic E-state index is 6.46. The molecular weight excluding hydrogens is 569 g/mol. The average Bonchev–Trinajstić information content (AvgIpc) is 3.40. The predicted molar refractivity (Wildman–Crippen MR) is 202 cm³/mol. The molecule has 0 atom stereocenters. The van der Waals surface area contributed by atoms with Gasteiger partial charge in [-0.25, -0.2) is 0 Å². The van der Waals surface area contributed by atoms with E-state index in [4.69, 9.17) is 5.73 Å². The number of hydrogen-bond acceptors (Lipinski definition) is 2. The maximum absolute atomic E-state index is 6.46. The van der Waals surface area contributed by atoms with Crippen molar-refractivity contribution in [3.8, 4) is 11.1 Å². The van der Waals surface area contributed by atoms with E-state index in [-0.39, 0.29) is 0 Å². The zero-order chi connectivity index (χ0) is 33.2. The highest BCUT2D eigenvalue weighted by Gasteiger charge is 2.46. The van der Waals surface area contributed by atoms with Crippen LogP contribution < -0.4 is 5.73 Å². The highest BCUT2D eigenvalue weighted by Crippen LogP contribution is 2.56. The predicted octanol–water partition coefficient (Wildman–Crippen LogP) is 10.9. The van der Waals surface area contributed by atoms with Gasteiger partial charge in [-0.05, 0) is 70.5 Å². The summed E-state index contributed by atoms with van der Waals surface area (Å²) in [7, 11) is 0. The Hall–Kier alpha value is -5.60. The van der Waals surface area contributed by atoms with Crippen molar-refractivity contribution in [2.75, 3.05) is 5.73 Å². The second-order valence-electron chi connectivity index (χ2n) is 11.7. The maximum Gasteiger partial charge on any atom is 0.0713 e. The largest absolute Gasteiger partial charge is 0.398 e. The molecule has 0 saturated carbocycles. The lowest BCUT2D eigenvalue weighted by Crippen LogP contribution is -2.29. The highest BCUT2D eigenvalue weighted by molar-refractivity contribution is 5.86. The van der Waals surface area contributed by atoms with E-state index < -0.39 is 5.41 Å². The molecule has 6 rings (SSSR count). The van der Waals surface area contributed by atoms with Crippen LogP contribution in [0.4, 0.5) is 5.69 Å². The molecule has 234 valence electrons. The van der Waals surface area contributed by atoms with Gasteiger partial charge < -0.3 is 10.6 Å². The van der Waals surface area contributed by atoms with Crippen molar-refractivity contribution in [2.45, 2.75) is 32.4 Å².